The van der Waals surface area contributed by atoms with Gasteiger partial charge in [0.15, 0.2) is 0 Å². The minimum Gasteiger partial charge on any atom is -0.492 e. The van der Waals surface area contributed by atoms with E-state index in [0.717, 1.165) is 16.9 Å². The standard InChI is InChI=1S/C21H26N2O4/c1-14-11-15(2)13-16(12-14)27-10-8-22-19(24)7-9-23-20(25)17-5-3-4-6-18(17)21(23)26/h3-4,11-13,17-18H,5-10H2,1-2H3,(H,22,24)/t17-,18+. The largest absolute Gasteiger partial charge is 0.492 e. The highest BCUT2D eigenvalue weighted by Crippen LogP contribution is 2.34. The average Bonchev–Trinajstić information content (AvgIpc) is 2.87. The summed E-state index contributed by atoms with van der Waals surface area (Å²) in [4.78, 5) is 38.0. The third kappa shape index (κ3) is 4.56. The molecule has 1 N–H and O–H groups in total. The van der Waals surface area contributed by atoms with Crippen LogP contribution >= 0.6 is 0 Å². The Morgan fingerprint density at radius 2 is 1.67 bits per heavy atom. The molecule has 2 aliphatic rings. The Kier molecular flexibility index (Phi) is 5.94. The lowest BCUT2D eigenvalue weighted by atomic mass is 9.85. The molecular formula is C21H26N2O4. The molecule has 0 bridgehead atoms. The summed E-state index contributed by atoms with van der Waals surface area (Å²) < 4.78 is 5.65. The van der Waals surface area contributed by atoms with Gasteiger partial charge in [-0.15, -0.1) is 0 Å². The first kappa shape index (κ1) is 19.1. The van der Waals surface area contributed by atoms with Crippen LogP contribution in [0.4, 0.5) is 0 Å². The van der Waals surface area contributed by atoms with E-state index < -0.39 is 0 Å². The fraction of sp³-hybridized carbons (Fsp3) is 0.476. The maximum absolute atomic E-state index is 12.4. The van der Waals surface area contributed by atoms with Crippen LogP contribution in [-0.4, -0.2) is 42.3 Å². The van der Waals surface area contributed by atoms with Crippen LogP contribution in [0.25, 0.3) is 0 Å². The van der Waals surface area contributed by atoms with E-state index in [2.05, 4.69) is 11.4 Å². The van der Waals surface area contributed by atoms with Crippen LogP contribution in [0.5, 0.6) is 5.75 Å². The monoisotopic (exact) mass is 370 g/mol. The lowest BCUT2D eigenvalue weighted by Gasteiger charge is -2.14. The number of carbonyl (C=O) groups excluding carboxylic acids is 3. The van der Waals surface area contributed by atoms with Gasteiger partial charge >= 0.3 is 0 Å². The number of fused-ring (bicyclic) bond motifs is 1. The molecular weight excluding hydrogens is 344 g/mol. The molecule has 144 valence electrons. The number of aryl methyl sites for hydroxylation is 2. The second-order valence-electron chi connectivity index (χ2n) is 7.26. The normalized spacial score (nSPS) is 21.3. The Bertz CT molecular complexity index is 725. The van der Waals surface area contributed by atoms with Gasteiger partial charge in [0.25, 0.3) is 0 Å². The Labute approximate surface area is 159 Å². The average molecular weight is 370 g/mol. The Hall–Kier alpha value is -2.63. The van der Waals surface area contributed by atoms with E-state index in [-0.39, 0.29) is 42.5 Å². The summed E-state index contributed by atoms with van der Waals surface area (Å²) in [7, 11) is 0. The van der Waals surface area contributed by atoms with Gasteiger partial charge in [0.05, 0.1) is 18.4 Å². The van der Waals surface area contributed by atoms with Crippen molar-refractivity contribution in [3.63, 3.8) is 0 Å². The molecule has 27 heavy (non-hydrogen) atoms. The lowest BCUT2D eigenvalue weighted by Crippen LogP contribution is -2.36. The van der Waals surface area contributed by atoms with Crippen molar-refractivity contribution in [2.75, 3.05) is 19.7 Å². The number of nitrogens with zero attached hydrogens (tertiary/aromatic N) is 1. The molecule has 0 saturated carbocycles. The molecule has 0 aromatic heterocycles. The van der Waals surface area contributed by atoms with Gasteiger partial charge in [-0.2, -0.15) is 0 Å². The molecule has 3 rings (SSSR count). The van der Waals surface area contributed by atoms with Crippen molar-refractivity contribution in [2.45, 2.75) is 33.1 Å². The second-order valence-corrected chi connectivity index (χ2v) is 7.26. The van der Waals surface area contributed by atoms with E-state index in [1.54, 1.807) is 0 Å². The summed E-state index contributed by atoms with van der Waals surface area (Å²) in [5.74, 6) is -0.159. The third-order valence-electron chi connectivity index (χ3n) is 5.05. The fourth-order valence-electron chi connectivity index (χ4n) is 3.77. The first-order valence-corrected chi connectivity index (χ1v) is 9.43. The molecule has 2 atom stereocenters. The maximum Gasteiger partial charge on any atom is 0.233 e. The van der Waals surface area contributed by atoms with Gasteiger partial charge < -0.3 is 10.1 Å². The van der Waals surface area contributed by atoms with Gasteiger partial charge in [0, 0.05) is 13.0 Å². The Balaban J connectivity index is 1.39. The van der Waals surface area contributed by atoms with E-state index in [9.17, 15) is 14.4 Å². The molecule has 1 fully saturated rings. The van der Waals surface area contributed by atoms with Gasteiger partial charge in [-0.1, -0.05) is 18.2 Å². The van der Waals surface area contributed by atoms with Crippen LogP contribution in [0.2, 0.25) is 0 Å². The van der Waals surface area contributed by atoms with E-state index in [1.165, 1.54) is 4.90 Å². The molecule has 1 aromatic rings. The van der Waals surface area contributed by atoms with Crippen molar-refractivity contribution in [3.05, 3.63) is 41.5 Å². The molecule has 1 aromatic carbocycles. The molecule has 1 aliphatic carbocycles. The van der Waals surface area contributed by atoms with E-state index in [4.69, 9.17) is 4.74 Å². The third-order valence-corrected chi connectivity index (χ3v) is 5.05. The Morgan fingerprint density at radius 1 is 1.07 bits per heavy atom. The molecule has 0 radical (unpaired) electrons. The van der Waals surface area contributed by atoms with Crippen molar-refractivity contribution in [1.82, 2.24) is 10.2 Å². The van der Waals surface area contributed by atoms with Crippen LogP contribution in [0.3, 0.4) is 0 Å². The minimum absolute atomic E-state index is 0.119. The topological polar surface area (TPSA) is 75.7 Å². The maximum atomic E-state index is 12.4. The second kappa shape index (κ2) is 8.37. The first-order chi connectivity index (χ1) is 13.0. The number of benzene rings is 1. The van der Waals surface area contributed by atoms with Gasteiger partial charge in [0.1, 0.15) is 12.4 Å². The number of ether oxygens (including phenoxy) is 1. The molecule has 1 heterocycles. The van der Waals surface area contributed by atoms with Crippen LogP contribution < -0.4 is 10.1 Å². The minimum atomic E-state index is -0.239. The number of imide groups is 1. The fourth-order valence-corrected chi connectivity index (χ4v) is 3.77. The van der Waals surface area contributed by atoms with Crippen molar-refractivity contribution < 1.29 is 19.1 Å². The molecule has 1 saturated heterocycles. The Morgan fingerprint density at radius 3 is 2.26 bits per heavy atom. The van der Waals surface area contributed by atoms with Crippen LogP contribution in [0.15, 0.2) is 30.4 Å². The van der Waals surface area contributed by atoms with E-state index in [1.807, 2.05) is 38.1 Å². The highest BCUT2D eigenvalue weighted by Gasteiger charge is 2.46. The molecule has 6 heteroatoms. The van der Waals surface area contributed by atoms with Crippen LogP contribution in [0, 0.1) is 25.7 Å². The summed E-state index contributed by atoms with van der Waals surface area (Å²) in [6.45, 7) is 4.91. The summed E-state index contributed by atoms with van der Waals surface area (Å²) in [6.07, 6.45) is 5.27. The number of rotatable bonds is 7. The van der Waals surface area contributed by atoms with E-state index in [0.29, 0.717) is 26.0 Å². The first-order valence-electron chi connectivity index (χ1n) is 9.43. The number of nitrogens with one attached hydrogen (secondary N) is 1. The number of carbonyl (C=O) groups is 3. The molecule has 0 spiro atoms. The smallest absolute Gasteiger partial charge is 0.233 e. The molecule has 0 unspecified atom stereocenters. The van der Waals surface area contributed by atoms with Crippen molar-refractivity contribution in [2.24, 2.45) is 11.8 Å². The quantitative estimate of drug-likeness (QED) is 0.453. The predicted octanol–water partition coefficient (Wildman–Crippen LogP) is 2.14. The zero-order valence-electron chi connectivity index (χ0n) is 15.9. The van der Waals surface area contributed by atoms with Crippen molar-refractivity contribution in [1.29, 1.82) is 0 Å². The van der Waals surface area contributed by atoms with Crippen LogP contribution in [0.1, 0.15) is 30.4 Å². The summed E-state index contributed by atoms with van der Waals surface area (Å²) in [6, 6.07) is 5.98. The summed E-state index contributed by atoms with van der Waals surface area (Å²) >= 11 is 0. The van der Waals surface area contributed by atoms with Gasteiger partial charge in [0.2, 0.25) is 17.7 Å². The predicted molar refractivity (Wildman–Crippen MR) is 101 cm³/mol. The zero-order valence-corrected chi connectivity index (χ0v) is 15.9. The van der Waals surface area contributed by atoms with Gasteiger partial charge in [-0.25, -0.2) is 0 Å². The van der Waals surface area contributed by atoms with Crippen LogP contribution in [-0.2, 0) is 14.4 Å². The number of hydrogen-bond donors (Lipinski definition) is 1. The highest BCUT2D eigenvalue weighted by atomic mass is 16.5. The van der Waals surface area contributed by atoms with Gasteiger partial charge in [-0.3, -0.25) is 19.3 Å². The van der Waals surface area contributed by atoms with Gasteiger partial charge in [-0.05, 0) is 49.9 Å². The summed E-state index contributed by atoms with van der Waals surface area (Å²) in [5.41, 5.74) is 2.26. The SMILES string of the molecule is Cc1cc(C)cc(OCCNC(=O)CCN2C(=O)[C@H]3CC=CC[C@H]3C2=O)c1. The van der Waals surface area contributed by atoms with E-state index >= 15 is 0 Å². The lowest BCUT2D eigenvalue weighted by molar-refractivity contribution is -0.140. The van der Waals surface area contributed by atoms with Crippen molar-refractivity contribution in [3.8, 4) is 5.75 Å². The molecule has 1 aliphatic heterocycles. The number of hydrogen-bond acceptors (Lipinski definition) is 4. The molecule has 6 nitrogen and oxygen atoms in total. The number of allylic oxidation sites excluding steroid dienone is 2. The summed E-state index contributed by atoms with van der Waals surface area (Å²) in [5, 5.41) is 2.77. The number of likely N-dealkylation sites (tertiary alicyclic amines) is 1. The van der Waals surface area contributed by atoms with Crippen molar-refractivity contribution >= 4 is 17.7 Å². The highest BCUT2D eigenvalue weighted by molar-refractivity contribution is 6.05. The number of amides is 3. The molecule has 3 amide bonds. The zero-order chi connectivity index (χ0) is 19.4.